The van der Waals surface area contributed by atoms with E-state index in [9.17, 15) is 0 Å². The number of nitrogens with two attached hydrogens (primary N) is 1. The van der Waals surface area contributed by atoms with Crippen LogP contribution in [-0.2, 0) is 0 Å². The van der Waals surface area contributed by atoms with Crippen LogP contribution in [0.25, 0.3) is 0 Å². The number of rotatable bonds is 4. The number of nitrogens with one attached hydrogen (secondary N) is 1. The lowest BCUT2D eigenvalue weighted by atomic mass is 10.1. The van der Waals surface area contributed by atoms with E-state index in [2.05, 4.69) is 10.3 Å². The van der Waals surface area contributed by atoms with Crippen LogP contribution in [0.2, 0.25) is 0 Å². The van der Waals surface area contributed by atoms with E-state index in [4.69, 9.17) is 19.9 Å². The van der Waals surface area contributed by atoms with E-state index < -0.39 is 0 Å². The van der Waals surface area contributed by atoms with Gasteiger partial charge in [-0.15, -0.1) is 0 Å². The Labute approximate surface area is 118 Å². The van der Waals surface area contributed by atoms with Gasteiger partial charge < -0.3 is 25.3 Å². The molecule has 6 heteroatoms. The van der Waals surface area contributed by atoms with Crippen molar-refractivity contribution in [2.75, 3.05) is 19.9 Å². The largest absolute Gasteiger partial charge is 0.492 e. The zero-order valence-electron chi connectivity index (χ0n) is 12.1. The zero-order valence-corrected chi connectivity index (χ0v) is 12.1. The zero-order chi connectivity index (χ0) is 14.6. The molecule has 0 unspecified atom stereocenters. The van der Waals surface area contributed by atoms with Crippen LogP contribution in [0.15, 0.2) is 23.2 Å². The molecule has 1 aromatic rings. The van der Waals surface area contributed by atoms with E-state index in [0.717, 1.165) is 11.5 Å². The third kappa shape index (κ3) is 4.22. The number of ether oxygens (including phenoxy) is 3. The van der Waals surface area contributed by atoms with E-state index >= 15 is 0 Å². The van der Waals surface area contributed by atoms with Crippen molar-refractivity contribution in [3.8, 4) is 17.2 Å². The van der Waals surface area contributed by atoms with Crippen LogP contribution in [0.3, 0.4) is 0 Å². The van der Waals surface area contributed by atoms with Gasteiger partial charge in [0.25, 0.3) is 0 Å². The van der Waals surface area contributed by atoms with Crippen molar-refractivity contribution in [1.29, 1.82) is 0 Å². The lowest BCUT2D eigenvalue weighted by Gasteiger charge is -2.20. The summed E-state index contributed by atoms with van der Waals surface area (Å²) in [4.78, 5) is 4.20. The van der Waals surface area contributed by atoms with Crippen LogP contribution in [0.4, 0.5) is 0 Å². The highest BCUT2D eigenvalue weighted by molar-refractivity contribution is 5.78. The van der Waals surface area contributed by atoms with Gasteiger partial charge in [0, 0.05) is 11.6 Å². The van der Waals surface area contributed by atoms with Gasteiger partial charge in [0.15, 0.2) is 17.5 Å². The quantitative estimate of drug-likeness (QED) is 0.496. The maximum absolute atomic E-state index is 5.76. The number of guanidine groups is 1. The van der Waals surface area contributed by atoms with Crippen molar-refractivity contribution >= 4 is 5.96 Å². The van der Waals surface area contributed by atoms with Crippen LogP contribution in [0, 0.1) is 0 Å². The summed E-state index contributed by atoms with van der Waals surface area (Å²) >= 11 is 0. The summed E-state index contributed by atoms with van der Waals surface area (Å²) in [6, 6.07) is 5.48. The summed E-state index contributed by atoms with van der Waals surface area (Å²) < 4.78 is 16.1. The minimum atomic E-state index is -0.0915. The van der Waals surface area contributed by atoms with Crippen LogP contribution in [-0.4, -0.2) is 31.4 Å². The number of aliphatic imine (C=N–C) groups is 1. The molecular formula is C14H21N3O3. The summed E-state index contributed by atoms with van der Waals surface area (Å²) in [5.74, 6) is 2.60. The first kappa shape index (κ1) is 14.3. The topological polar surface area (TPSA) is 78.1 Å². The van der Waals surface area contributed by atoms with E-state index in [0.29, 0.717) is 24.9 Å². The Bertz CT molecular complexity index is 495. The molecule has 0 spiro atoms. The highest BCUT2D eigenvalue weighted by Crippen LogP contribution is 2.34. The van der Waals surface area contributed by atoms with E-state index in [-0.39, 0.29) is 12.3 Å². The average molecular weight is 279 g/mol. The van der Waals surface area contributed by atoms with Crippen molar-refractivity contribution in [3.63, 3.8) is 0 Å². The van der Waals surface area contributed by atoms with E-state index in [1.54, 1.807) is 0 Å². The third-order valence-electron chi connectivity index (χ3n) is 2.49. The fourth-order valence-electron chi connectivity index (χ4n) is 1.72. The van der Waals surface area contributed by atoms with Crippen molar-refractivity contribution in [2.24, 2.45) is 10.7 Å². The van der Waals surface area contributed by atoms with Gasteiger partial charge in [-0.1, -0.05) is 0 Å². The molecule has 110 valence electrons. The minimum absolute atomic E-state index is 0.0915. The van der Waals surface area contributed by atoms with E-state index in [1.807, 2.05) is 39.0 Å². The van der Waals surface area contributed by atoms with Crippen molar-refractivity contribution in [2.45, 2.75) is 26.3 Å². The SMILES string of the molecule is CC(C)(C)NC(N)=NCCOc1ccc2c(c1)OCO2. The second-order valence-electron chi connectivity index (χ2n) is 5.51. The van der Waals surface area contributed by atoms with Gasteiger partial charge in [-0.2, -0.15) is 0 Å². The Hall–Kier alpha value is -2.11. The standard InChI is InChI=1S/C14H21N3O3/c1-14(2,3)17-13(15)16-6-7-18-10-4-5-11-12(8-10)20-9-19-11/h4-5,8H,6-7,9H2,1-3H3,(H3,15,16,17). The molecule has 0 aromatic heterocycles. The van der Waals surface area contributed by atoms with Crippen LogP contribution >= 0.6 is 0 Å². The summed E-state index contributed by atoms with van der Waals surface area (Å²) in [5.41, 5.74) is 5.67. The lowest BCUT2D eigenvalue weighted by Crippen LogP contribution is -2.45. The van der Waals surface area contributed by atoms with Crippen LogP contribution in [0.5, 0.6) is 17.2 Å². The number of hydrogen-bond acceptors (Lipinski definition) is 4. The van der Waals surface area contributed by atoms with Crippen molar-refractivity contribution < 1.29 is 14.2 Å². The van der Waals surface area contributed by atoms with Crippen molar-refractivity contribution in [3.05, 3.63) is 18.2 Å². The van der Waals surface area contributed by atoms with Gasteiger partial charge in [0.1, 0.15) is 12.4 Å². The highest BCUT2D eigenvalue weighted by atomic mass is 16.7. The first-order chi connectivity index (χ1) is 9.44. The lowest BCUT2D eigenvalue weighted by molar-refractivity contribution is 0.173. The molecule has 0 bridgehead atoms. The molecule has 0 amide bonds. The monoisotopic (exact) mass is 279 g/mol. The van der Waals surface area contributed by atoms with Gasteiger partial charge in [-0.25, -0.2) is 4.99 Å². The Morgan fingerprint density at radius 2 is 2.10 bits per heavy atom. The van der Waals surface area contributed by atoms with E-state index in [1.165, 1.54) is 0 Å². The number of hydrogen-bond donors (Lipinski definition) is 2. The second-order valence-corrected chi connectivity index (χ2v) is 5.51. The normalized spacial score (nSPS) is 14.2. The van der Waals surface area contributed by atoms with Crippen molar-refractivity contribution in [1.82, 2.24) is 5.32 Å². The summed E-state index contributed by atoms with van der Waals surface area (Å²) in [7, 11) is 0. The number of nitrogens with zero attached hydrogens (tertiary/aromatic N) is 1. The summed E-state index contributed by atoms with van der Waals surface area (Å²) in [6.45, 7) is 7.28. The van der Waals surface area contributed by atoms with Crippen LogP contribution < -0.4 is 25.3 Å². The molecule has 1 aliphatic heterocycles. The predicted octanol–water partition coefficient (Wildman–Crippen LogP) is 1.50. The number of benzene rings is 1. The molecule has 6 nitrogen and oxygen atoms in total. The van der Waals surface area contributed by atoms with Gasteiger partial charge in [-0.05, 0) is 32.9 Å². The molecule has 0 radical (unpaired) electrons. The van der Waals surface area contributed by atoms with Gasteiger partial charge >= 0.3 is 0 Å². The third-order valence-corrected chi connectivity index (χ3v) is 2.49. The molecule has 1 aromatic carbocycles. The first-order valence-electron chi connectivity index (χ1n) is 6.54. The maximum Gasteiger partial charge on any atom is 0.231 e. The molecule has 0 atom stereocenters. The Morgan fingerprint density at radius 1 is 1.35 bits per heavy atom. The molecule has 0 fully saturated rings. The Kier molecular flexibility index (Phi) is 4.22. The molecule has 0 saturated heterocycles. The molecule has 1 heterocycles. The molecule has 3 N–H and O–H groups in total. The maximum atomic E-state index is 5.76. The van der Waals surface area contributed by atoms with Gasteiger partial charge in [-0.3, -0.25) is 0 Å². The predicted molar refractivity (Wildman–Crippen MR) is 77.4 cm³/mol. The van der Waals surface area contributed by atoms with Crippen LogP contribution in [0.1, 0.15) is 20.8 Å². The molecule has 1 aliphatic rings. The van der Waals surface area contributed by atoms with Gasteiger partial charge in [0.2, 0.25) is 6.79 Å². The smallest absolute Gasteiger partial charge is 0.231 e. The molecule has 0 aliphatic carbocycles. The highest BCUT2D eigenvalue weighted by Gasteiger charge is 2.13. The second kappa shape index (κ2) is 5.90. The fraction of sp³-hybridized carbons (Fsp3) is 0.500. The van der Waals surface area contributed by atoms with Gasteiger partial charge in [0.05, 0.1) is 6.54 Å². The summed E-state index contributed by atoms with van der Waals surface area (Å²) in [5, 5.41) is 3.09. The molecule has 20 heavy (non-hydrogen) atoms. The Balaban J connectivity index is 1.77. The molecule has 2 rings (SSSR count). The Morgan fingerprint density at radius 3 is 2.85 bits per heavy atom. The average Bonchev–Trinajstić information content (AvgIpc) is 2.79. The number of fused-ring (bicyclic) bond motifs is 1. The first-order valence-corrected chi connectivity index (χ1v) is 6.54. The minimum Gasteiger partial charge on any atom is -0.492 e. The molecule has 0 saturated carbocycles. The fourth-order valence-corrected chi connectivity index (χ4v) is 1.72. The molecular weight excluding hydrogens is 258 g/mol. The summed E-state index contributed by atoms with van der Waals surface area (Å²) in [6.07, 6.45) is 0.